The molecule has 1 fully saturated rings. The summed E-state index contributed by atoms with van der Waals surface area (Å²) in [6, 6.07) is 4.05. The number of nitrogens with one attached hydrogen (secondary N) is 1. The maximum atomic E-state index is 12.5. The van der Waals surface area contributed by atoms with Crippen LogP contribution < -0.4 is 10.1 Å². The number of hydrogen-bond acceptors (Lipinski definition) is 5. The van der Waals surface area contributed by atoms with Crippen molar-refractivity contribution in [1.82, 2.24) is 25.0 Å². The summed E-state index contributed by atoms with van der Waals surface area (Å²) in [6.07, 6.45) is 3.59. The number of hydrogen-bond donors (Lipinski definition) is 1. The highest BCUT2D eigenvalue weighted by atomic mass is 16.5. The molecule has 7 heteroatoms. The molecule has 7 nitrogen and oxygen atoms in total. The van der Waals surface area contributed by atoms with Crippen LogP contribution in [0.2, 0.25) is 0 Å². The van der Waals surface area contributed by atoms with Gasteiger partial charge in [-0.3, -0.25) is 14.5 Å². The second kappa shape index (κ2) is 7.00. The minimum Gasteiger partial charge on any atom is -0.480 e. The van der Waals surface area contributed by atoms with E-state index in [4.69, 9.17) is 4.74 Å². The van der Waals surface area contributed by atoms with Gasteiger partial charge in [0.1, 0.15) is 5.69 Å². The van der Waals surface area contributed by atoms with Gasteiger partial charge in [0, 0.05) is 39.1 Å². The lowest BCUT2D eigenvalue weighted by atomic mass is 10.1. The predicted octanol–water partition coefficient (Wildman–Crippen LogP) is 0.984. The lowest BCUT2D eigenvalue weighted by molar-refractivity contribution is -0.134. The van der Waals surface area contributed by atoms with Crippen molar-refractivity contribution in [2.75, 3.05) is 26.2 Å². The Balaban J connectivity index is 1.60. The van der Waals surface area contributed by atoms with E-state index in [1.54, 1.807) is 10.9 Å². The molecule has 0 aromatic carbocycles. The van der Waals surface area contributed by atoms with Gasteiger partial charge in [0.2, 0.25) is 0 Å². The van der Waals surface area contributed by atoms with Crippen LogP contribution in [0.1, 0.15) is 23.0 Å². The molecule has 0 spiro atoms. The number of nitrogens with zero attached hydrogens (tertiary/aromatic N) is 4. The number of aryl methyl sites for hydroxylation is 2. The molecule has 128 valence electrons. The number of aromatic nitrogens is 3. The fraction of sp³-hybridized carbons (Fsp3) is 0.471. The van der Waals surface area contributed by atoms with E-state index in [9.17, 15) is 4.79 Å². The maximum Gasteiger partial charge on any atom is 0.260 e. The van der Waals surface area contributed by atoms with Crippen molar-refractivity contribution in [2.45, 2.75) is 19.9 Å². The first kappa shape index (κ1) is 16.4. The maximum absolute atomic E-state index is 12.5. The van der Waals surface area contributed by atoms with Crippen molar-refractivity contribution < 1.29 is 9.53 Å². The standard InChI is InChI=1S/C17H23N5O2/c1-12-17(13(2)21(3)20-12)24-11-16(23)22-8-7-19-15(10-22)14-5-4-6-18-9-14/h4-6,9,15,19H,7-8,10-11H2,1-3H3. The van der Waals surface area contributed by atoms with Crippen molar-refractivity contribution in [3.05, 3.63) is 41.5 Å². The molecule has 1 aliphatic heterocycles. The van der Waals surface area contributed by atoms with Crippen LogP contribution in [0.3, 0.4) is 0 Å². The van der Waals surface area contributed by atoms with E-state index in [1.165, 1.54) is 0 Å². The van der Waals surface area contributed by atoms with Gasteiger partial charge in [0.25, 0.3) is 5.91 Å². The third kappa shape index (κ3) is 3.41. The number of carbonyl (C=O) groups excluding carboxylic acids is 1. The average Bonchev–Trinajstić information content (AvgIpc) is 2.86. The Morgan fingerprint density at radius 3 is 2.96 bits per heavy atom. The van der Waals surface area contributed by atoms with E-state index in [0.717, 1.165) is 23.5 Å². The van der Waals surface area contributed by atoms with E-state index in [0.29, 0.717) is 18.8 Å². The third-order valence-electron chi connectivity index (χ3n) is 4.40. The van der Waals surface area contributed by atoms with Gasteiger partial charge in [0.05, 0.1) is 11.7 Å². The Bertz CT molecular complexity index is 713. The molecule has 0 saturated carbocycles. The first-order chi connectivity index (χ1) is 11.6. The number of pyridine rings is 1. The molecule has 3 rings (SSSR count). The van der Waals surface area contributed by atoms with Crippen LogP contribution in [-0.4, -0.2) is 51.8 Å². The van der Waals surface area contributed by atoms with Crippen LogP contribution in [0.4, 0.5) is 0 Å². The van der Waals surface area contributed by atoms with Crippen LogP contribution >= 0.6 is 0 Å². The van der Waals surface area contributed by atoms with Crippen LogP contribution in [0, 0.1) is 13.8 Å². The molecule has 3 heterocycles. The predicted molar refractivity (Wildman–Crippen MR) is 89.7 cm³/mol. The Morgan fingerprint density at radius 2 is 2.29 bits per heavy atom. The minimum atomic E-state index is -0.00644. The first-order valence-electron chi connectivity index (χ1n) is 8.10. The summed E-state index contributed by atoms with van der Waals surface area (Å²) in [7, 11) is 1.87. The quantitative estimate of drug-likeness (QED) is 0.905. The van der Waals surface area contributed by atoms with Crippen molar-refractivity contribution in [3.63, 3.8) is 0 Å². The van der Waals surface area contributed by atoms with Crippen molar-refractivity contribution in [3.8, 4) is 5.75 Å². The van der Waals surface area contributed by atoms with Gasteiger partial charge in [-0.2, -0.15) is 5.10 Å². The van der Waals surface area contributed by atoms with E-state index >= 15 is 0 Å². The largest absolute Gasteiger partial charge is 0.480 e. The number of amides is 1. The molecule has 1 amide bonds. The van der Waals surface area contributed by atoms with Crippen molar-refractivity contribution in [2.24, 2.45) is 7.05 Å². The molecule has 2 aromatic heterocycles. The fourth-order valence-corrected chi connectivity index (χ4v) is 2.97. The molecular weight excluding hydrogens is 306 g/mol. The van der Waals surface area contributed by atoms with Crippen molar-refractivity contribution >= 4 is 5.91 Å². The molecule has 1 saturated heterocycles. The molecule has 1 unspecified atom stereocenters. The Morgan fingerprint density at radius 1 is 1.46 bits per heavy atom. The zero-order valence-corrected chi connectivity index (χ0v) is 14.3. The lowest BCUT2D eigenvalue weighted by Crippen LogP contribution is -2.49. The highest BCUT2D eigenvalue weighted by Crippen LogP contribution is 2.22. The smallest absolute Gasteiger partial charge is 0.260 e. The summed E-state index contributed by atoms with van der Waals surface area (Å²) in [5, 5.41) is 7.73. The molecule has 1 aliphatic rings. The molecule has 1 atom stereocenters. The van der Waals surface area contributed by atoms with Gasteiger partial charge >= 0.3 is 0 Å². The monoisotopic (exact) mass is 329 g/mol. The van der Waals surface area contributed by atoms with Gasteiger partial charge in [-0.1, -0.05) is 6.07 Å². The minimum absolute atomic E-state index is 0.00644. The van der Waals surface area contributed by atoms with Gasteiger partial charge < -0.3 is 15.0 Å². The fourth-order valence-electron chi connectivity index (χ4n) is 2.97. The highest BCUT2D eigenvalue weighted by molar-refractivity contribution is 5.78. The van der Waals surface area contributed by atoms with Crippen molar-refractivity contribution in [1.29, 1.82) is 0 Å². The van der Waals surface area contributed by atoms with Crippen LogP contribution in [0.15, 0.2) is 24.5 Å². The molecular formula is C17H23N5O2. The van der Waals surface area contributed by atoms with Crippen LogP contribution in [0.25, 0.3) is 0 Å². The van der Waals surface area contributed by atoms with Crippen LogP contribution in [0.5, 0.6) is 5.75 Å². The zero-order chi connectivity index (χ0) is 17.1. The lowest BCUT2D eigenvalue weighted by Gasteiger charge is -2.33. The van der Waals surface area contributed by atoms with E-state index in [1.807, 2.05) is 44.1 Å². The summed E-state index contributed by atoms with van der Waals surface area (Å²) in [4.78, 5) is 18.5. The Labute approximate surface area is 141 Å². The summed E-state index contributed by atoms with van der Waals surface area (Å²) in [5.41, 5.74) is 2.82. The van der Waals surface area contributed by atoms with E-state index in [2.05, 4.69) is 15.4 Å². The van der Waals surface area contributed by atoms with Gasteiger partial charge in [-0.05, 0) is 25.5 Å². The molecule has 0 bridgehead atoms. The Kier molecular flexibility index (Phi) is 4.80. The summed E-state index contributed by atoms with van der Waals surface area (Å²) in [5.74, 6) is 0.692. The second-order valence-electron chi connectivity index (χ2n) is 6.05. The SMILES string of the molecule is Cc1nn(C)c(C)c1OCC(=O)N1CCNC(c2cccnc2)C1. The third-order valence-corrected chi connectivity index (χ3v) is 4.40. The normalized spacial score (nSPS) is 17.8. The second-order valence-corrected chi connectivity index (χ2v) is 6.05. The zero-order valence-electron chi connectivity index (χ0n) is 14.3. The van der Waals surface area contributed by atoms with E-state index in [-0.39, 0.29) is 18.6 Å². The van der Waals surface area contributed by atoms with E-state index < -0.39 is 0 Å². The number of piperazine rings is 1. The molecule has 24 heavy (non-hydrogen) atoms. The van der Waals surface area contributed by atoms with Gasteiger partial charge in [-0.15, -0.1) is 0 Å². The highest BCUT2D eigenvalue weighted by Gasteiger charge is 2.25. The summed E-state index contributed by atoms with van der Waals surface area (Å²) < 4.78 is 7.50. The number of rotatable bonds is 4. The average molecular weight is 329 g/mol. The summed E-state index contributed by atoms with van der Waals surface area (Å²) in [6.45, 7) is 5.92. The topological polar surface area (TPSA) is 72.3 Å². The number of carbonyl (C=O) groups is 1. The molecule has 1 N–H and O–H groups in total. The van der Waals surface area contributed by atoms with Gasteiger partial charge in [0.15, 0.2) is 12.4 Å². The Hall–Kier alpha value is -2.41. The number of ether oxygens (including phenoxy) is 1. The van der Waals surface area contributed by atoms with Gasteiger partial charge in [-0.25, -0.2) is 0 Å². The molecule has 2 aromatic rings. The summed E-state index contributed by atoms with van der Waals surface area (Å²) >= 11 is 0. The molecule has 0 radical (unpaired) electrons. The van der Waals surface area contributed by atoms with Crippen LogP contribution in [-0.2, 0) is 11.8 Å². The molecule has 0 aliphatic carbocycles. The first-order valence-corrected chi connectivity index (χ1v) is 8.10.